The molecule has 0 amide bonds. The molecule has 0 fully saturated rings. The molecule has 0 aliphatic rings. The Balaban J connectivity index is 2.29. The number of imidazole rings is 1. The van der Waals surface area contributed by atoms with Crippen LogP contribution in [0.15, 0.2) is 34.9 Å². The fourth-order valence-electron chi connectivity index (χ4n) is 1.46. The first-order chi connectivity index (χ1) is 7.16. The minimum atomic E-state index is 0.0690. The third kappa shape index (κ3) is 2.21. The Morgan fingerprint density at radius 2 is 2.13 bits per heavy atom. The highest BCUT2D eigenvalue weighted by Crippen LogP contribution is 2.19. The van der Waals surface area contributed by atoms with E-state index in [4.69, 9.17) is 0 Å². The largest absolute Gasteiger partial charge is 0.492 e. The second-order valence-electron chi connectivity index (χ2n) is 3.39. The summed E-state index contributed by atoms with van der Waals surface area (Å²) in [6, 6.07) is 8.00. The molecule has 0 saturated heterocycles. The molecule has 1 heterocycles. The first kappa shape index (κ1) is 10.2. The van der Waals surface area contributed by atoms with Crippen LogP contribution in [0, 0.1) is 0 Å². The van der Waals surface area contributed by atoms with E-state index in [0.29, 0.717) is 6.42 Å². The number of aromatic hydroxyl groups is 1. The predicted octanol–water partition coefficient (Wildman–Crippen LogP) is 2.48. The van der Waals surface area contributed by atoms with Gasteiger partial charge in [0.15, 0.2) is 0 Å². The van der Waals surface area contributed by atoms with Crippen molar-refractivity contribution >= 4 is 15.9 Å². The van der Waals surface area contributed by atoms with Crippen molar-refractivity contribution < 1.29 is 5.11 Å². The molecule has 2 rings (SSSR count). The van der Waals surface area contributed by atoms with Gasteiger partial charge in [-0.2, -0.15) is 4.98 Å². The Hall–Kier alpha value is -1.29. The molecule has 0 spiro atoms. The molecule has 1 aromatic carbocycles. The number of aromatic nitrogens is 2. The van der Waals surface area contributed by atoms with Crippen LogP contribution in [-0.2, 0) is 13.5 Å². The molecule has 0 bridgehead atoms. The van der Waals surface area contributed by atoms with Gasteiger partial charge < -0.3 is 9.67 Å². The van der Waals surface area contributed by atoms with Crippen LogP contribution >= 0.6 is 15.9 Å². The average molecular weight is 267 g/mol. The average Bonchev–Trinajstić information content (AvgIpc) is 2.49. The van der Waals surface area contributed by atoms with Gasteiger partial charge in [0.2, 0.25) is 5.88 Å². The molecule has 78 valence electrons. The van der Waals surface area contributed by atoms with Gasteiger partial charge >= 0.3 is 0 Å². The van der Waals surface area contributed by atoms with E-state index < -0.39 is 0 Å². The number of rotatable bonds is 2. The third-order valence-electron chi connectivity index (χ3n) is 2.27. The summed E-state index contributed by atoms with van der Waals surface area (Å²) in [4.78, 5) is 4.04. The van der Waals surface area contributed by atoms with Crippen molar-refractivity contribution in [2.45, 2.75) is 6.42 Å². The number of hydrogen-bond acceptors (Lipinski definition) is 2. The molecule has 0 saturated carbocycles. The smallest absolute Gasteiger partial charge is 0.229 e. The molecule has 3 nitrogen and oxygen atoms in total. The van der Waals surface area contributed by atoms with Crippen LogP contribution in [0.1, 0.15) is 11.4 Å². The van der Waals surface area contributed by atoms with Crippen molar-refractivity contribution in [3.05, 3.63) is 46.3 Å². The number of aryl methyl sites for hydroxylation is 1. The SMILES string of the molecule is Cn1cc(O)nc1Cc1ccccc1Br. The van der Waals surface area contributed by atoms with Gasteiger partial charge in [-0.25, -0.2) is 0 Å². The summed E-state index contributed by atoms with van der Waals surface area (Å²) in [6.45, 7) is 0. The van der Waals surface area contributed by atoms with E-state index in [1.165, 1.54) is 0 Å². The Morgan fingerprint density at radius 1 is 1.40 bits per heavy atom. The molecule has 15 heavy (non-hydrogen) atoms. The van der Waals surface area contributed by atoms with E-state index in [0.717, 1.165) is 15.9 Å². The Kier molecular flexibility index (Phi) is 2.77. The zero-order valence-corrected chi connectivity index (χ0v) is 9.90. The van der Waals surface area contributed by atoms with Gasteiger partial charge in [0.1, 0.15) is 5.82 Å². The topological polar surface area (TPSA) is 38.0 Å². The molecular formula is C11H11BrN2O. The van der Waals surface area contributed by atoms with E-state index in [1.807, 2.05) is 35.9 Å². The van der Waals surface area contributed by atoms with Crippen LogP contribution < -0.4 is 0 Å². The van der Waals surface area contributed by atoms with E-state index in [2.05, 4.69) is 20.9 Å². The summed E-state index contributed by atoms with van der Waals surface area (Å²) in [5.41, 5.74) is 1.16. The van der Waals surface area contributed by atoms with Crippen LogP contribution in [0.4, 0.5) is 0 Å². The Labute approximate surface area is 96.5 Å². The lowest BCUT2D eigenvalue weighted by Gasteiger charge is -2.03. The summed E-state index contributed by atoms with van der Waals surface area (Å²) < 4.78 is 2.89. The summed E-state index contributed by atoms with van der Waals surface area (Å²) in [5, 5.41) is 9.24. The Bertz CT molecular complexity index is 479. The van der Waals surface area contributed by atoms with Crippen molar-refractivity contribution in [1.82, 2.24) is 9.55 Å². The normalized spacial score (nSPS) is 10.5. The zero-order valence-electron chi connectivity index (χ0n) is 8.31. The quantitative estimate of drug-likeness (QED) is 0.907. The molecule has 1 N–H and O–H groups in total. The van der Waals surface area contributed by atoms with E-state index in [9.17, 15) is 5.11 Å². The lowest BCUT2D eigenvalue weighted by Crippen LogP contribution is -1.98. The van der Waals surface area contributed by atoms with E-state index >= 15 is 0 Å². The second kappa shape index (κ2) is 4.06. The first-order valence-corrected chi connectivity index (χ1v) is 5.40. The Morgan fingerprint density at radius 3 is 2.73 bits per heavy atom. The maximum atomic E-state index is 9.24. The lowest BCUT2D eigenvalue weighted by atomic mass is 10.1. The fourth-order valence-corrected chi connectivity index (χ4v) is 1.89. The predicted molar refractivity (Wildman–Crippen MR) is 61.8 cm³/mol. The fraction of sp³-hybridized carbons (Fsp3) is 0.182. The van der Waals surface area contributed by atoms with Crippen molar-refractivity contribution in [2.24, 2.45) is 7.05 Å². The first-order valence-electron chi connectivity index (χ1n) is 4.61. The third-order valence-corrected chi connectivity index (χ3v) is 3.04. The van der Waals surface area contributed by atoms with Crippen molar-refractivity contribution in [2.75, 3.05) is 0 Å². The molecular weight excluding hydrogens is 256 g/mol. The lowest BCUT2D eigenvalue weighted by molar-refractivity contribution is 0.455. The minimum absolute atomic E-state index is 0.0690. The maximum absolute atomic E-state index is 9.24. The number of benzene rings is 1. The molecule has 0 unspecified atom stereocenters. The van der Waals surface area contributed by atoms with Crippen molar-refractivity contribution in [3.63, 3.8) is 0 Å². The highest BCUT2D eigenvalue weighted by atomic mass is 79.9. The van der Waals surface area contributed by atoms with Gasteiger partial charge in [0, 0.05) is 17.9 Å². The number of halogens is 1. The zero-order chi connectivity index (χ0) is 10.8. The highest BCUT2D eigenvalue weighted by molar-refractivity contribution is 9.10. The number of nitrogens with zero attached hydrogens (tertiary/aromatic N) is 2. The van der Waals surface area contributed by atoms with Gasteiger partial charge in [0.25, 0.3) is 0 Å². The monoisotopic (exact) mass is 266 g/mol. The summed E-state index contributed by atoms with van der Waals surface area (Å²) in [7, 11) is 1.87. The van der Waals surface area contributed by atoms with Gasteiger partial charge in [-0.3, -0.25) is 0 Å². The van der Waals surface area contributed by atoms with Gasteiger partial charge in [0.05, 0.1) is 6.20 Å². The highest BCUT2D eigenvalue weighted by Gasteiger charge is 2.06. The van der Waals surface area contributed by atoms with E-state index in [1.54, 1.807) is 6.20 Å². The molecule has 4 heteroatoms. The van der Waals surface area contributed by atoms with Crippen molar-refractivity contribution in [1.29, 1.82) is 0 Å². The minimum Gasteiger partial charge on any atom is -0.492 e. The summed E-state index contributed by atoms with van der Waals surface area (Å²) in [5.74, 6) is 0.916. The molecule has 0 radical (unpaired) electrons. The molecule has 0 aliphatic heterocycles. The van der Waals surface area contributed by atoms with Crippen LogP contribution in [0.3, 0.4) is 0 Å². The summed E-state index contributed by atoms with van der Waals surface area (Å²) >= 11 is 3.49. The maximum Gasteiger partial charge on any atom is 0.229 e. The van der Waals surface area contributed by atoms with Crippen LogP contribution in [0.25, 0.3) is 0 Å². The second-order valence-corrected chi connectivity index (χ2v) is 4.25. The van der Waals surface area contributed by atoms with Gasteiger partial charge in [-0.1, -0.05) is 34.1 Å². The molecule has 1 aromatic heterocycles. The molecule has 2 aromatic rings. The van der Waals surface area contributed by atoms with Gasteiger partial charge in [-0.05, 0) is 11.6 Å². The molecule has 0 atom stereocenters. The molecule has 0 aliphatic carbocycles. The van der Waals surface area contributed by atoms with Gasteiger partial charge in [-0.15, -0.1) is 0 Å². The van der Waals surface area contributed by atoms with E-state index in [-0.39, 0.29) is 5.88 Å². The van der Waals surface area contributed by atoms with Crippen LogP contribution in [0.2, 0.25) is 0 Å². The standard InChI is InChI=1S/C11H11BrN2O/c1-14-7-11(15)13-10(14)6-8-4-2-3-5-9(8)12/h2-5,7,15H,6H2,1H3. The van der Waals surface area contributed by atoms with Crippen molar-refractivity contribution in [3.8, 4) is 5.88 Å². The van der Waals surface area contributed by atoms with Crippen LogP contribution in [-0.4, -0.2) is 14.7 Å². The number of hydrogen-bond donors (Lipinski definition) is 1. The summed E-state index contributed by atoms with van der Waals surface area (Å²) in [6.07, 6.45) is 2.31. The van der Waals surface area contributed by atoms with Crippen LogP contribution in [0.5, 0.6) is 5.88 Å².